The maximum Gasteiger partial charge on any atom is 0.345 e. The van der Waals surface area contributed by atoms with Crippen LogP contribution in [0.4, 0.5) is 5.69 Å². The van der Waals surface area contributed by atoms with Gasteiger partial charge in [-0.1, -0.05) is 23.7 Å². The standard InChI is InChI=1S/C13H12ClNO4S2/c1-2-15(11-6-4-3-5-10(11)14)21(18,19)9-7-12(13(16)17)20-8-9/h3-8H,2H2,1H3,(H,16,17). The fraction of sp³-hybridized carbons (Fsp3) is 0.154. The maximum absolute atomic E-state index is 12.6. The van der Waals surface area contributed by atoms with E-state index in [1.165, 1.54) is 5.38 Å². The minimum absolute atomic E-state index is 0.0243. The number of para-hydroxylation sites is 1. The maximum atomic E-state index is 12.6. The predicted molar refractivity (Wildman–Crippen MR) is 82.9 cm³/mol. The van der Waals surface area contributed by atoms with Crippen LogP contribution in [0.1, 0.15) is 16.6 Å². The highest BCUT2D eigenvalue weighted by atomic mass is 35.5. The van der Waals surface area contributed by atoms with Gasteiger partial charge in [0, 0.05) is 11.9 Å². The van der Waals surface area contributed by atoms with Crippen LogP contribution < -0.4 is 4.31 Å². The highest BCUT2D eigenvalue weighted by Crippen LogP contribution is 2.31. The normalized spacial score (nSPS) is 11.3. The molecule has 0 saturated heterocycles. The van der Waals surface area contributed by atoms with Crippen molar-refractivity contribution >= 4 is 44.6 Å². The number of benzene rings is 1. The summed E-state index contributed by atoms with van der Waals surface area (Å²) in [5, 5.41) is 10.5. The average Bonchev–Trinajstić information content (AvgIpc) is 2.92. The van der Waals surface area contributed by atoms with Crippen LogP contribution in [-0.2, 0) is 10.0 Å². The molecule has 112 valence electrons. The zero-order valence-corrected chi connectivity index (χ0v) is 13.4. The van der Waals surface area contributed by atoms with E-state index in [-0.39, 0.29) is 16.3 Å². The third kappa shape index (κ3) is 3.04. The summed E-state index contributed by atoms with van der Waals surface area (Å²) in [5.41, 5.74) is 0.366. The summed E-state index contributed by atoms with van der Waals surface area (Å²) in [4.78, 5) is 10.8. The summed E-state index contributed by atoms with van der Waals surface area (Å²) in [6, 6.07) is 7.76. The number of carboxylic acid groups (broad SMARTS) is 1. The molecule has 1 aromatic carbocycles. The lowest BCUT2D eigenvalue weighted by Crippen LogP contribution is -2.30. The van der Waals surface area contributed by atoms with Crippen molar-refractivity contribution < 1.29 is 18.3 Å². The first kappa shape index (κ1) is 15.8. The van der Waals surface area contributed by atoms with E-state index in [0.29, 0.717) is 10.7 Å². The molecule has 0 bridgehead atoms. The van der Waals surface area contributed by atoms with Crippen molar-refractivity contribution in [2.45, 2.75) is 11.8 Å². The molecule has 2 rings (SSSR count). The molecule has 1 aromatic heterocycles. The summed E-state index contributed by atoms with van der Waals surface area (Å²) < 4.78 is 26.4. The van der Waals surface area contributed by atoms with Crippen LogP contribution in [0.25, 0.3) is 0 Å². The van der Waals surface area contributed by atoms with Crippen molar-refractivity contribution in [3.05, 3.63) is 45.6 Å². The molecule has 0 aliphatic carbocycles. The van der Waals surface area contributed by atoms with Crippen molar-refractivity contribution in [2.24, 2.45) is 0 Å². The highest BCUT2D eigenvalue weighted by Gasteiger charge is 2.27. The van der Waals surface area contributed by atoms with Gasteiger partial charge in [0.05, 0.1) is 15.6 Å². The van der Waals surface area contributed by atoms with Gasteiger partial charge in [0.2, 0.25) is 0 Å². The number of carbonyl (C=O) groups is 1. The lowest BCUT2D eigenvalue weighted by molar-refractivity contribution is 0.0702. The Kier molecular flexibility index (Phi) is 4.55. The molecule has 8 heteroatoms. The lowest BCUT2D eigenvalue weighted by Gasteiger charge is -2.23. The lowest BCUT2D eigenvalue weighted by atomic mass is 10.3. The summed E-state index contributed by atoms with van der Waals surface area (Å²) in [5.74, 6) is -1.15. The molecule has 0 atom stereocenters. The van der Waals surface area contributed by atoms with E-state index in [1.807, 2.05) is 0 Å². The van der Waals surface area contributed by atoms with Gasteiger partial charge in [0.15, 0.2) is 0 Å². The van der Waals surface area contributed by atoms with Gasteiger partial charge in [-0.25, -0.2) is 13.2 Å². The van der Waals surface area contributed by atoms with E-state index in [0.717, 1.165) is 21.7 Å². The third-order valence-electron chi connectivity index (χ3n) is 2.78. The molecule has 5 nitrogen and oxygen atoms in total. The molecule has 0 amide bonds. The van der Waals surface area contributed by atoms with Crippen molar-refractivity contribution in [1.82, 2.24) is 0 Å². The van der Waals surface area contributed by atoms with E-state index in [4.69, 9.17) is 16.7 Å². The van der Waals surface area contributed by atoms with Crippen LogP contribution in [-0.4, -0.2) is 26.0 Å². The van der Waals surface area contributed by atoms with E-state index in [1.54, 1.807) is 31.2 Å². The van der Waals surface area contributed by atoms with Crippen molar-refractivity contribution in [3.63, 3.8) is 0 Å². The molecular weight excluding hydrogens is 334 g/mol. The van der Waals surface area contributed by atoms with E-state index < -0.39 is 16.0 Å². The molecule has 2 aromatic rings. The number of hydrogen-bond donors (Lipinski definition) is 1. The van der Waals surface area contributed by atoms with Gasteiger partial charge in [-0.3, -0.25) is 4.31 Å². The number of aromatic carboxylic acids is 1. The second-order valence-electron chi connectivity index (χ2n) is 4.07. The van der Waals surface area contributed by atoms with Gasteiger partial charge in [0.25, 0.3) is 10.0 Å². The Labute approximate surface area is 131 Å². The molecule has 0 aliphatic rings. The third-order valence-corrected chi connectivity index (χ3v) is 6.04. The monoisotopic (exact) mass is 345 g/mol. The van der Waals surface area contributed by atoms with Crippen molar-refractivity contribution in [3.8, 4) is 0 Å². The molecule has 0 unspecified atom stereocenters. The van der Waals surface area contributed by atoms with Crippen molar-refractivity contribution in [2.75, 3.05) is 10.8 Å². The highest BCUT2D eigenvalue weighted by molar-refractivity contribution is 7.93. The first-order valence-corrected chi connectivity index (χ1v) is 8.66. The number of halogens is 1. The summed E-state index contributed by atoms with van der Waals surface area (Å²) in [6.45, 7) is 1.87. The van der Waals surface area contributed by atoms with Gasteiger partial charge in [-0.05, 0) is 25.1 Å². The quantitative estimate of drug-likeness (QED) is 0.902. The van der Waals surface area contributed by atoms with Crippen LogP contribution in [0.15, 0.2) is 40.6 Å². The Hall–Kier alpha value is -1.57. The van der Waals surface area contributed by atoms with E-state index >= 15 is 0 Å². The molecular formula is C13H12ClNO4S2. The number of carboxylic acids is 1. The number of rotatable bonds is 5. The van der Waals surface area contributed by atoms with Crippen LogP contribution in [0.2, 0.25) is 5.02 Å². The molecule has 21 heavy (non-hydrogen) atoms. The molecule has 0 fully saturated rings. The zero-order chi connectivity index (χ0) is 15.6. The first-order chi connectivity index (χ1) is 9.87. The number of nitrogens with zero attached hydrogens (tertiary/aromatic N) is 1. The SMILES string of the molecule is CCN(c1ccccc1Cl)S(=O)(=O)c1csc(C(=O)O)c1. The van der Waals surface area contributed by atoms with Crippen LogP contribution in [0.5, 0.6) is 0 Å². The Balaban J connectivity index is 2.49. The minimum Gasteiger partial charge on any atom is -0.477 e. The Morgan fingerprint density at radius 2 is 2.05 bits per heavy atom. The summed E-state index contributed by atoms with van der Waals surface area (Å²) in [7, 11) is -3.84. The van der Waals surface area contributed by atoms with Crippen LogP contribution in [0, 0.1) is 0 Å². The second kappa shape index (κ2) is 6.05. The van der Waals surface area contributed by atoms with Crippen molar-refractivity contribution in [1.29, 1.82) is 0 Å². The topological polar surface area (TPSA) is 74.7 Å². The average molecular weight is 346 g/mol. The van der Waals surface area contributed by atoms with Gasteiger partial charge in [-0.2, -0.15) is 0 Å². The fourth-order valence-electron chi connectivity index (χ4n) is 1.82. The number of sulfonamides is 1. The number of anilines is 1. The predicted octanol–water partition coefficient (Wildman–Crippen LogP) is 3.31. The Bertz CT molecular complexity index is 770. The molecule has 0 radical (unpaired) electrons. The van der Waals surface area contributed by atoms with Gasteiger partial charge in [-0.15, -0.1) is 11.3 Å². The second-order valence-corrected chi connectivity index (χ2v) is 7.25. The number of hydrogen-bond acceptors (Lipinski definition) is 4. The smallest absolute Gasteiger partial charge is 0.345 e. The molecule has 0 saturated carbocycles. The molecule has 1 N–H and O–H groups in total. The van der Waals surface area contributed by atoms with E-state index in [2.05, 4.69) is 0 Å². The van der Waals surface area contributed by atoms with Gasteiger partial charge < -0.3 is 5.11 Å². The van der Waals surface area contributed by atoms with Crippen LogP contribution in [0.3, 0.4) is 0 Å². The largest absolute Gasteiger partial charge is 0.477 e. The Morgan fingerprint density at radius 3 is 2.57 bits per heavy atom. The molecule has 0 spiro atoms. The molecule has 1 heterocycles. The van der Waals surface area contributed by atoms with Crippen LogP contribution >= 0.6 is 22.9 Å². The van der Waals surface area contributed by atoms with E-state index in [9.17, 15) is 13.2 Å². The molecule has 0 aliphatic heterocycles. The van der Waals surface area contributed by atoms with Gasteiger partial charge >= 0.3 is 5.97 Å². The first-order valence-electron chi connectivity index (χ1n) is 5.97. The minimum atomic E-state index is -3.84. The Morgan fingerprint density at radius 1 is 1.38 bits per heavy atom. The zero-order valence-electron chi connectivity index (χ0n) is 11.0. The number of thiophene rings is 1. The summed E-state index contributed by atoms with van der Waals surface area (Å²) in [6.07, 6.45) is 0. The summed E-state index contributed by atoms with van der Waals surface area (Å²) >= 11 is 6.92. The fourth-order valence-corrected chi connectivity index (χ4v) is 4.70. The van der Waals surface area contributed by atoms with Gasteiger partial charge in [0.1, 0.15) is 4.88 Å².